The van der Waals surface area contributed by atoms with Crippen LogP contribution in [0.3, 0.4) is 0 Å². The number of likely N-dealkylation sites (tertiary alicyclic amines) is 1. The molecule has 1 amide bonds. The van der Waals surface area contributed by atoms with E-state index in [2.05, 4.69) is 5.10 Å². The molecule has 1 aromatic heterocycles. The lowest BCUT2D eigenvalue weighted by molar-refractivity contribution is -0.158. The first-order chi connectivity index (χ1) is 14.0. The second-order valence-electron chi connectivity index (χ2n) is 7.40. The number of ether oxygens (including phenoxy) is 2. The number of aryl methyl sites for hydroxylation is 1. The normalized spacial score (nSPS) is 15.8. The number of rotatable bonds is 7. The summed E-state index contributed by atoms with van der Waals surface area (Å²) in [5.74, 6) is 0.570. The molecule has 1 aromatic carbocycles. The first-order valence-corrected chi connectivity index (χ1v) is 10.1. The quantitative estimate of drug-likeness (QED) is 0.670. The Morgan fingerprint density at radius 2 is 1.83 bits per heavy atom. The topological polar surface area (TPSA) is 73.7 Å². The van der Waals surface area contributed by atoms with Crippen LogP contribution >= 0.6 is 0 Å². The molecule has 2 heterocycles. The molecule has 1 saturated heterocycles. The largest absolute Gasteiger partial charge is 0.497 e. The molecule has 29 heavy (non-hydrogen) atoms. The van der Waals surface area contributed by atoms with Crippen LogP contribution in [0.4, 0.5) is 0 Å². The molecule has 0 unspecified atom stereocenters. The van der Waals surface area contributed by atoms with E-state index in [1.807, 2.05) is 43.0 Å². The molecule has 0 radical (unpaired) electrons. The van der Waals surface area contributed by atoms with E-state index in [4.69, 9.17) is 9.47 Å². The maximum Gasteiger partial charge on any atom is 0.312 e. The standard InChI is InChI=1S/C22H29N3O4/c1-4-25-16-18(15-23-25)20(26)24-12-10-22(11-13-24,21(27)29-5-2)14-17-6-8-19(28-3)9-7-17/h6-9,15-16H,4-5,10-14H2,1-3H3. The van der Waals surface area contributed by atoms with Gasteiger partial charge in [0.2, 0.25) is 0 Å². The van der Waals surface area contributed by atoms with Gasteiger partial charge < -0.3 is 14.4 Å². The maximum absolute atomic E-state index is 12.9. The van der Waals surface area contributed by atoms with Crippen LogP contribution in [-0.4, -0.2) is 53.4 Å². The summed E-state index contributed by atoms with van der Waals surface area (Å²) < 4.78 is 12.4. The Hall–Kier alpha value is -2.83. The Labute approximate surface area is 171 Å². The number of piperidine rings is 1. The molecule has 0 spiro atoms. The first kappa shape index (κ1) is 20.9. The van der Waals surface area contributed by atoms with Gasteiger partial charge in [-0.3, -0.25) is 14.3 Å². The SMILES string of the molecule is CCOC(=O)C1(Cc2ccc(OC)cc2)CCN(C(=O)c2cnn(CC)c2)CC1. The predicted octanol–water partition coefficient (Wildman–Crippen LogP) is 2.94. The molecule has 0 N–H and O–H groups in total. The Morgan fingerprint density at radius 1 is 1.14 bits per heavy atom. The molecule has 156 valence electrons. The van der Waals surface area contributed by atoms with Crippen LogP contribution in [0, 0.1) is 5.41 Å². The summed E-state index contributed by atoms with van der Waals surface area (Å²) in [5.41, 5.74) is 1.03. The van der Waals surface area contributed by atoms with Crippen molar-refractivity contribution < 1.29 is 19.1 Å². The van der Waals surface area contributed by atoms with E-state index in [-0.39, 0.29) is 11.9 Å². The van der Waals surface area contributed by atoms with E-state index < -0.39 is 5.41 Å². The lowest BCUT2D eigenvalue weighted by Crippen LogP contribution is -2.48. The van der Waals surface area contributed by atoms with Crippen LogP contribution in [0.15, 0.2) is 36.7 Å². The van der Waals surface area contributed by atoms with Crippen LogP contribution in [0.1, 0.15) is 42.6 Å². The van der Waals surface area contributed by atoms with E-state index in [0.29, 0.717) is 44.5 Å². The Kier molecular flexibility index (Phi) is 6.56. The van der Waals surface area contributed by atoms with Gasteiger partial charge in [0.05, 0.1) is 30.9 Å². The number of aromatic nitrogens is 2. The van der Waals surface area contributed by atoms with E-state index in [9.17, 15) is 9.59 Å². The van der Waals surface area contributed by atoms with Crippen molar-refractivity contribution in [3.05, 3.63) is 47.8 Å². The lowest BCUT2D eigenvalue weighted by atomic mass is 9.73. The highest BCUT2D eigenvalue weighted by atomic mass is 16.5. The summed E-state index contributed by atoms with van der Waals surface area (Å²) in [7, 11) is 1.63. The number of methoxy groups -OCH3 is 1. The average molecular weight is 399 g/mol. The summed E-state index contributed by atoms with van der Waals surface area (Å²) >= 11 is 0. The summed E-state index contributed by atoms with van der Waals surface area (Å²) in [5, 5.41) is 4.19. The number of hydrogen-bond donors (Lipinski definition) is 0. The molecule has 0 aliphatic carbocycles. The van der Waals surface area contributed by atoms with Crippen molar-refractivity contribution in [1.82, 2.24) is 14.7 Å². The zero-order valence-electron chi connectivity index (χ0n) is 17.4. The van der Waals surface area contributed by atoms with Crippen molar-refractivity contribution in [3.8, 4) is 5.75 Å². The third-order valence-corrected chi connectivity index (χ3v) is 5.62. The third kappa shape index (κ3) is 4.60. The average Bonchev–Trinajstić information content (AvgIpc) is 3.24. The van der Waals surface area contributed by atoms with Gasteiger partial charge in [0.25, 0.3) is 5.91 Å². The number of nitrogens with zero attached hydrogens (tertiary/aromatic N) is 3. The number of carbonyl (C=O) groups excluding carboxylic acids is 2. The number of benzene rings is 1. The zero-order chi connectivity index (χ0) is 20.9. The van der Waals surface area contributed by atoms with Crippen LogP contribution in [0.2, 0.25) is 0 Å². The second kappa shape index (κ2) is 9.11. The molecule has 2 aromatic rings. The van der Waals surface area contributed by atoms with Crippen molar-refractivity contribution in [3.63, 3.8) is 0 Å². The van der Waals surface area contributed by atoms with Crippen LogP contribution in [-0.2, 0) is 22.5 Å². The highest BCUT2D eigenvalue weighted by molar-refractivity contribution is 5.94. The van der Waals surface area contributed by atoms with Crippen LogP contribution < -0.4 is 4.74 Å². The van der Waals surface area contributed by atoms with Crippen molar-refractivity contribution in [1.29, 1.82) is 0 Å². The molecule has 1 fully saturated rings. The third-order valence-electron chi connectivity index (χ3n) is 5.62. The minimum absolute atomic E-state index is 0.0355. The fourth-order valence-corrected chi connectivity index (χ4v) is 3.84. The highest BCUT2D eigenvalue weighted by Gasteiger charge is 2.43. The van der Waals surface area contributed by atoms with Gasteiger partial charge in [0.15, 0.2) is 0 Å². The molecule has 3 rings (SSSR count). The van der Waals surface area contributed by atoms with Gasteiger partial charge in [-0.1, -0.05) is 12.1 Å². The molecule has 1 aliphatic rings. The first-order valence-electron chi connectivity index (χ1n) is 10.1. The molecular weight excluding hydrogens is 370 g/mol. The predicted molar refractivity (Wildman–Crippen MR) is 109 cm³/mol. The summed E-state index contributed by atoms with van der Waals surface area (Å²) in [6.45, 7) is 5.91. The summed E-state index contributed by atoms with van der Waals surface area (Å²) in [4.78, 5) is 27.5. The molecular formula is C22H29N3O4. The molecule has 0 saturated carbocycles. The zero-order valence-corrected chi connectivity index (χ0v) is 17.4. The molecule has 0 atom stereocenters. The minimum Gasteiger partial charge on any atom is -0.497 e. The van der Waals surface area contributed by atoms with E-state index in [1.165, 1.54) is 0 Å². The maximum atomic E-state index is 12.9. The van der Waals surface area contributed by atoms with Crippen molar-refractivity contribution >= 4 is 11.9 Å². The van der Waals surface area contributed by atoms with Gasteiger partial charge in [-0.25, -0.2) is 0 Å². The summed E-state index contributed by atoms with van der Waals surface area (Å²) in [6.07, 6.45) is 5.12. The highest BCUT2D eigenvalue weighted by Crippen LogP contribution is 2.37. The Balaban J connectivity index is 1.73. The van der Waals surface area contributed by atoms with E-state index in [0.717, 1.165) is 17.9 Å². The van der Waals surface area contributed by atoms with Gasteiger partial charge in [-0.2, -0.15) is 5.10 Å². The monoisotopic (exact) mass is 399 g/mol. The van der Waals surface area contributed by atoms with Crippen molar-refractivity contribution in [2.24, 2.45) is 5.41 Å². The number of amides is 1. The number of hydrogen-bond acceptors (Lipinski definition) is 5. The van der Waals surface area contributed by atoms with Gasteiger partial charge in [-0.15, -0.1) is 0 Å². The molecule has 7 heteroatoms. The van der Waals surface area contributed by atoms with E-state index in [1.54, 1.807) is 24.2 Å². The fraction of sp³-hybridized carbons (Fsp3) is 0.500. The van der Waals surface area contributed by atoms with Crippen LogP contribution in [0.25, 0.3) is 0 Å². The van der Waals surface area contributed by atoms with Gasteiger partial charge in [0.1, 0.15) is 5.75 Å². The lowest BCUT2D eigenvalue weighted by Gasteiger charge is -2.40. The molecule has 0 bridgehead atoms. The van der Waals surface area contributed by atoms with Crippen molar-refractivity contribution in [2.45, 2.75) is 39.7 Å². The van der Waals surface area contributed by atoms with Gasteiger partial charge >= 0.3 is 5.97 Å². The van der Waals surface area contributed by atoms with Crippen LogP contribution in [0.5, 0.6) is 5.75 Å². The number of carbonyl (C=O) groups is 2. The minimum atomic E-state index is -0.616. The van der Waals surface area contributed by atoms with E-state index >= 15 is 0 Å². The van der Waals surface area contributed by atoms with Crippen molar-refractivity contribution in [2.75, 3.05) is 26.8 Å². The smallest absolute Gasteiger partial charge is 0.312 e. The van der Waals surface area contributed by atoms with Gasteiger partial charge in [-0.05, 0) is 50.8 Å². The van der Waals surface area contributed by atoms with Gasteiger partial charge in [0, 0.05) is 25.8 Å². The Morgan fingerprint density at radius 3 is 2.38 bits per heavy atom. The fourth-order valence-electron chi connectivity index (χ4n) is 3.84. The summed E-state index contributed by atoms with van der Waals surface area (Å²) in [6, 6.07) is 7.77. The molecule has 1 aliphatic heterocycles. The second-order valence-corrected chi connectivity index (χ2v) is 7.40. The number of esters is 1. The molecule has 7 nitrogen and oxygen atoms in total. The Bertz CT molecular complexity index is 836.